The van der Waals surface area contributed by atoms with Crippen molar-refractivity contribution in [1.29, 1.82) is 0 Å². The lowest BCUT2D eigenvalue weighted by Crippen LogP contribution is -2.27. The first-order valence-electron chi connectivity index (χ1n) is 10.2. The van der Waals surface area contributed by atoms with Gasteiger partial charge in [0.2, 0.25) is 0 Å². The number of hydrogen-bond acceptors (Lipinski definition) is 5. The Bertz CT molecular complexity index is 756. The minimum atomic E-state index is -1.17. The van der Waals surface area contributed by atoms with Crippen molar-refractivity contribution in [1.82, 2.24) is 0 Å². The van der Waals surface area contributed by atoms with Crippen LogP contribution in [0, 0.1) is 11.8 Å². The van der Waals surface area contributed by atoms with Gasteiger partial charge in [0.05, 0.1) is 6.61 Å². The van der Waals surface area contributed by atoms with E-state index in [9.17, 15) is 15.0 Å². The number of hydrogen-bond donors (Lipinski definition) is 2. The molecular formula is C24H30O5. The summed E-state index contributed by atoms with van der Waals surface area (Å²) in [7, 11) is 0. The molecule has 1 aromatic rings. The summed E-state index contributed by atoms with van der Waals surface area (Å²) in [4.78, 5) is 11.2. The number of carbonyl (C=O) groups excluding carboxylic acids is 1. The number of rotatable bonds is 10. The fourth-order valence-corrected chi connectivity index (χ4v) is 3.12. The van der Waals surface area contributed by atoms with E-state index in [1.165, 1.54) is 6.08 Å². The van der Waals surface area contributed by atoms with Gasteiger partial charge in [-0.1, -0.05) is 42.2 Å². The van der Waals surface area contributed by atoms with Crippen molar-refractivity contribution in [3.63, 3.8) is 0 Å². The SMILES string of the molecule is CCOC(=O)C=CCCCCC1=CCCC1(O)C#CC(O)COc1ccccc1. The van der Waals surface area contributed by atoms with Gasteiger partial charge in [0.1, 0.15) is 24.1 Å². The third-order valence-electron chi connectivity index (χ3n) is 4.63. The standard InChI is InChI=1S/C24H30O5/c1-2-28-23(26)15-9-4-3-6-11-20-12-10-17-24(20,27)18-16-21(25)19-29-22-13-7-5-8-14-22/h5,7-9,12-15,21,25,27H,2-4,6,10-11,17,19H2,1H3. The second kappa shape index (κ2) is 12.1. The summed E-state index contributed by atoms with van der Waals surface area (Å²) in [6.07, 6.45) is 9.00. The maximum absolute atomic E-state index is 11.2. The number of allylic oxidation sites excluding steroid dienone is 2. The first-order chi connectivity index (χ1) is 14.0. The highest BCUT2D eigenvalue weighted by Crippen LogP contribution is 2.33. The summed E-state index contributed by atoms with van der Waals surface area (Å²) >= 11 is 0. The third-order valence-corrected chi connectivity index (χ3v) is 4.63. The first-order valence-corrected chi connectivity index (χ1v) is 10.2. The van der Waals surface area contributed by atoms with Crippen LogP contribution in [0.1, 0.15) is 45.4 Å². The van der Waals surface area contributed by atoms with E-state index < -0.39 is 11.7 Å². The second-order valence-electron chi connectivity index (χ2n) is 6.94. The van der Waals surface area contributed by atoms with Crippen LogP contribution in [0.4, 0.5) is 0 Å². The molecule has 29 heavy (non-hydrogen) atoms. The fraction of sp³-hybridized carbons (Fsp3) is 0.458. The molecule has 2 atom stereocenters. The lowest BCUT2D eigenvalue weighted by molar-refractivity contribution is -0.137. The Morgan fingerprint density at radius 3 is 2.86 bits per heavy atom. The van der Waals surface area contributed by atoms with Gasteiger partial charge in [-0.3, -0.25) is 0 Å². The third kappa shape index (κ3) is 8.15. The Morgan fingerprint density at radius 2 is 2.10 bits per heavy atom. The van der Waals surface area contributed by atoms with Crippen molar-refractivity contribution in [2.24, 2.45) is 0 Å². The van der Waals surface area contributed by atoms with Gasteiger partial charge in [-0.05, 0) is 63.2 Å². The largest absolute Gasteiger partial charge is 0.490 e. The van der Waals surface area contributed by atoms with Crippen LogP contribution >= 0.6 is 0 Å². The molecule has 1 aromatic carbocycles. The number of unbranched alkanes of at least 4 members (excludes halogenated alkanes) is 2. The second-order valence-corrected chi connectivity index (χ2v) is 6.94. The quantitative estimate of drug-likeness (QED) is 0.207. The van der Waals surface area contributed by atoms with Crippen molar-refractivity contribution < 1.29 is 24.5 Å². The molecule has 0 radical (unpaired) electrons. The zero-order valence-electron chi connectivity index (χ0n) is 17.0. The molecule has 0 saturated carbocycles. The zero-order chi connectivity index (χ0) is 21.0. The van der Waals surface area contributed by atoms with Gasteiger partial charge >= 0.3 is 5.97 Å². The molecule has 5 heteroatoms. The number of benzene rings is 1. The molecule has 0 aliphatic heterocycles. The van der Waals surface area contributed by atoms with Crippen LogP contribution in [-0.4, -0.2) is 41.1 Å². The van der Waals surface area contributed by atoms with E-state index in [4.69, 9.17) is 9.47 Å². The van der Waals surface area contributed by atoms with Gasteiger partial charge in [0.15, 0.2) is 0 Å². The number of aliphatic hydroxyl groups excluding tert-OH is 1. The van der Waals surface area contributed by atoms with Crippen LogP contribution in [0.3, 0.4) is 0 Å². The van der Waals surface area contributed by atoms with Gasteiger partial charge in [-0.15, -0.1) is 0 Å². The number of para-hydroxylation sites is 1. The van der Waals surface area contributed by atoms with E-state index >= 15 is 0 Å². The van der Waals surface area contributed by atoms with Crippen LogP contribution in [-0.2, 0) is 9.53 Å². The van der Waals surface area contributed by atoms with Crippen molar-refractivity contribution >= 4 is 5.97 Å². The topological polar surface area (TPSA) is 76.0 Å². The van der Waals surface area contributed by atoms with Gasteiger partial charge in [0, 0.05) is 6.08 Å². The minimum Gasteiger partial charge on any atom is -0.490 e. The Balaban J connectivity index is 1.75. The summed E-state index contributed by atoms with van der Waals surface area (Å²) in [6, 6.07) is 9.24. The van der Waals surface area contributed by atoms with Crippen LogP contribution in [0.25, 0.3) is 0 Å². The first kappa shape index (κ1) is 22.7. The Morgan fingerprint density at radius 1 is 1.31 bits per heavy atom. The Kier molecular flexibility index (Phi) is 9.49. The van der Waals surface area contributed by atoms with Crippen molar-refractivity contribution in [3.8, 4) is 17.6 Å². The average Bonchev–Trinajstić information content (AvgIpc) is 3.09. The van der Waals surface area contributed by atoms with E-state index in [0.29, 0.717) is 18.8 Å². The summed E-state index contributed by atoms with van der Waals surface area (Å²) < 4.78 is 10.3. The molecule has 0 bridgehead atoms. The maximum Gasteiger partial charge on any atom is 0.330 e. The molecule has 0 amide bonds. The van der Waals surface area contributed by atoms with E-state index in [1.807, 2.05) is 42.5 Å². The van der Waals surface area contributed by atoms with Gasteiger partial charge in [0.25, 0.3) is 0 Å². The number of ether oxygens (including phenoxy) is 2. The highest BCUT2D eigenvalue weighted by molar-refractivity contribution is 5.81. The summed E-state index contributed by atoms with van der Waals surface area (Å²) in [5.74, 6) is 5.94. The predicted octanol–water partition coefficient (Wildman–Crippen LogP) is 3.56. The van der Waals surface area contributed by atoms with E-state index in [1.54, 1.807) is 6.92 Å². The molecule has 0 fully saturated rings. The summed E-state index contributed by atoms with van der Waals surface area (Å²) in [5, 5.41) is 20.9. The molecule has 2 unspecified atom stereocenters. The van der Waals surface area contributed by atoms with Gasteiger partial charge < -0.3 is 19.7 Å². The summed E-state index contributed by atoms with van der Waals surface area (Å²) in [5.41, 5.74) is -0.260. The Hall–Kier alpha value is -2.55. The zero-order valence-corrected chi connectivity index (χ0v) is 17.0. The molecule has 0 aromatic heterocycles. The molecule has 1 aliphatic carbocycles. The minimum absolute atomic E-state index is 0.0545. The molecule has 156 valence electrons. The molecule has 1 aliphatic rings. The lowest BCUT2D eigenvalue weighted by atomic mass is 9.92. The van der Waals surface area contributed by atoms with Crippen LogP contribution in [0.15, 0.2) is 54.1 Å². The van der Waals surface area contributed by atoms with Crippen LogP contribution < -0.4 is 4.74 Å². The molecule has 2 rings (SSSR count). The molecule has 0 spiro atoms. The van der Waals surface area contributed by atoms with Crippen molar-refractivity contribution in [2.75, 3.05) is 13.2 Å². The molecule has 0 saturated heterocycles. The monoisotopic (exact) mass is 398 g/mol. The van der Waals surface area contributed by atoms with Crippen molar-refractivity contribution in [3.05, 3.63) is 54.1 Å². The Labute approximate surface area is 173 Å². The van der Waals surface area contributed by atoms with Gasteiger partial charge in [-0.2, -0.15) is 0 Å². The van der Waals surface area contributed by atoms with Crippen LogP contribution in [0.5, 0.6) is 5.75 Å². The number of carbonyl (C=O) groups is 1. The predicted molar refractivity (Wildman–Crippen MR) is 112 cm³/mol. The highest BCUT2D eigenvalue weighted by atomic mass is 16.5. The number of esters is 1. The van der Waals surface area contributed by atoms with E-state index in [-0.39, 0.29) is 12.6 Å². The fourth-order valence-electron chi connectivity index (χ4n) is 3.12. The lowest BCUT2D eigenvalue weighted by Gasteiger charge is -2.20. The highest BCUT2D eigenvalue weighted by Gasteiger charge is 2.32. The smallest absolute Gasteiger partial charge is 0.330 e. The summed E-state index contributed by atoms with van der Waals surface area (Å²) in [6.45, 7) is 2.21. The van der Waals surface area contributed by atoms with Crippen molar-refractivity contribution in [2.45, 2.75) is 57.2 Å². The normalized spacial score (nSPS) is 19.3. The van der Waals surface area contributed by atoms with Crippen LogP contribution in [0.2, 0.25) is 0 Å². The van der Waals surface area contributed by atoms with Gasteiger partial charge in [-0.25, -0.2) is 4.79 Å². The molecule has 2 N–H and O–H groups in total. The maximum atomic E-state index is 11.2. The average molecular weight is 398 g/mol. The molecule has 0 heterocycles. The van der Waals surface area contributed by atoms with E-state index in [2.05, 4.69) is 11.8 Å². The molecular weight excluding hydrogens is 368 g/mol. The van der Waals surface area contributed by atoms with E-state index in [0.717, 1.165) is 37.7 Å². The molecule has 5 nitrogen and oxygen atoms in total. The number of aliphatic hydroxyl groups is 2.